The Morgan fingerprint density at radius 2 is 1.33 bits per heavy atom. The van der Waals surface area contributed by atoms with E-state index in [1.54, 1.807) is 42.5 Å². The number of hydrogen-bond acceptors (Lipinski definition) is 4. The summed E-state index contributed by atoms with van der Waals surface area (Å²) in [7, 11) is -4.01. The van der Waals surface area contributed by atoms with Crippen LogP contribution in [-0.4, -0.2) is 26.0 Å². The van der Waals surface area contributed by atoms with Crippen molar-refractivity contribution in [1.82, 2.24) is 0 Å². The molecule has 0 radical (unpaired) electrons. The van der Waals surface area contributed by atoms with Gasteiger partial charge in [-0.15, -0.1) is 0 Å². The molecule has 7 heteroatoms. The molecule has 27 heavy (non-hydrogen) atoms. The fourth-order valence-electron chi connectivity index (χ4n) is 2.46. The first-order valence-electron chi connectivity index (χ1n) is 8.09. The predicted octanol–water partition coefficient (Wildman–Crippen LogP) is 3.76. The Hall–Kier alpha value is -3.32. The maximum Gasteiger partial charge on any atom is 0.324 e. The highest BCUT2D eigenvalue weighted by atomic mass is 32.2. The van der Waals surface area contributed by atoms with Crippen LogP contribution in [0.25, 0.3) is 0 Å². The van der Waals surface area contributed by atoms with E-state index in [1.165, 1.54) is 24.3 Å². The molecule has 0 saturated heterocycles. The summed E-state index contributed by atoms with van der Waals surface area (Å²) in [6, 6.07) is 23.1. The van der Waals surface area contributed by atoms with Gasteiger partial charge in [-0.3, -0.25) is 9.10 Å². The second kappa shape index (κ2) is 7.92. The van der Waals surface area contributed by atoms with Gasteiger partial charge in [0.25, 0.3) is 10.0 Å². The van der Waals surface area contributed by atoms with E-state index in [2.05, 4.69) is 0 Å². The topological polar surface area (TPSA) is 83.9 Å². The van der Waals surface area contributed by atoms with Gasteiger partial charge in [0.2, 0.25) is 0 Å². The highest BCUT2D eigenvalue weighted by Crippen LogP contribution is 2.27. The molecule has 3 rings (SSSR count). The molecular formula is C20H17NO5S. The number of benzene rings is 3. The van der Waals surface area contributed by atoms with Crippen molar-refractivity contribution in [1.29, 1.82) is 0 Å². The van der Waals surface area contributed by atoms with E-state index < -0.39 is 22.5 Å². The van der Waals surface area contributed by atoms with Crippen molar-refractivity contribution in [2.24, 2.45) is 0 Å². The lowest BCUT2D eigenvalue weighted by Gasteiger charge is -2.23. The van der Waals surface area contributed by atoms with E-state index in [0.717, 1.165) is 4.31 Å². The van der Waals surface area contributed by atoms with Crippen LogP contribution in [0.4, 0.5) is 5.69 Å². The molecule has 0 fully saturated rings. The number of ether oxygens (including phenoxy) is 1. The standard InChI is InChI=1S/C20H17NO5S/c22-20(23)15-21(27(24,25)19-9-5-2-6-10-19)16-11-13-18(14-12-16)26-17-7-3-1-4-8-17/h1-14H,15H2,(H,22,23). The molecule has 0 saturated carbocycles. The fraction of sp³-hybridized carbons (Fsp3) is 0.0500. The van der Waals surface area contributed by atoms with Gasteiger partial charge in [-0.1, -0.05) is 36.4 Å². The monoisotopic (exact) mass is 383 g/mol. The molecule has 0 aliphatic rings. The molecule has 0 bridgehead atoms. The van der Waals surface area contributed by atoms with Crippen LogP contribution in [-0.2, 0) is 14.8 Å². The zero-order valence-electron chi connectivity index (χ0n) is 14.2. The van der Waals surface area contributed by atoms with Gasteiger partial charge in [-0.05, 0) is 48.5 Å². The van der Waals surface area contributed by atoms with Crippen LogP contribution in [0.5, 0.6) is 11.5 Å². The molecule has 0 aliphatic carbocycles. The highest BCUT2D eigenvalue weighted by molar-refractivity contribution is 7.92. The van der Waals surface area contributed by atoms with E-state index in [4.69, 9.17) is 4.74 Å². The molecule has 6 nitrogen and oxygen atoms in total. The molecule has 0 atom stereocenters. The van der Waals surface area contributed by atoms with Crippen molar-refractivity contribution >= 4 is 21.7 Å². The second-order valence-corrected chi connectivity index (χ2v) is 7.49. The minimum atomic E-state index is -4.01. The summed E-state index contributed by atoms with van der Waals surface area (Å²) in [6.45, 7) is -0.684. The Morgan fingerprint density at radius 3 is 1.89 bits per heavy atom. The molecule has 0 amide bonds. The third-order valence-corrected chi connectivity index (χ3v) is 5.50. The minimum absolute atomic E-state index is 0.0239. The number of carboxylic acid groups (broad SMARTS) is 1. The maximum absolute atomic E-state index is 12.9. The molecule has 3 aromatic rings. The third-order valence-electron chi connectivity index (χ3n) is 3.71. The van der Waals surface area contributed by atoms with Crippen LogP contribution in [0.1, 0.15) is 0 Å². The van der Waals surface area contributed by atoms with E-state index in [9.17, 15) is 18.3 Å². The molecule has 1 N–H and O–H groups in total. The van der Waals surface area contributed by atoms with E-state index >= 15 is 0 Å². The summed E-state index contributed by atoms with van der Waals surface area (Å²) in [5, 5.41) is 9.17. The summed E-state index contributed by atoms with van der Waals surface area (Å²) in [5.41, 5.74) is 0.238. The number of rotatable bonds is 7. The first kappa shape index (κ1) is 18.5. The molecule has 3 aromatic carbocycles. The summed E-state index contributed by atoms with van der Waals surface area (Å²) in [6.07, 6.45) is 0. The average Bonchev–Trinajstić information content (AvgIpc) is 2.68. The second-order valence-electron chi connectivity index (χ2n) is 5.63. The number of carboxylic acids is 1. The number of sulfonamides is 1. The van der Waals surface area contributed by atoms with Crippen LogP contribution in [0.15, 0.2) is 89.8 Å². The van der Waals surface area contributed by atoms with Crippen LogP contribution in [0.2, 0.25) is 0 Å². The highest BCUT2D eigenvalue weighted by Gasteiger charge is 2.26. The van der Waals surface area contributed by atoms with Gasteiger partial charge in [-0.25, -0.2) is 8.42 Å². The average molecular weight is 383 g/mol. The van der Waals surface area contributed by atoms with Gasteiger partial charge in [0.05, 0.1) is 10.6 Å². The zero-order valence-corrected chi connectivity index (χ0v) is 15.0. The first-order valence-corrected chi connectivity index (χ1v) is 9.53. The van der Waals surface area contributed by atoms with Crippen molar-refractivity contribution in [3.05, 3.63) is 84.9 Å². The zero-order chi connectivity index (χ0) is 19.3. The Labute approximate surface area is 157 Å². The SMILES string of the molecule is O=C(O)CN(c1ccc(Oc2ccccc2)cc1)S(=O)(=O)c1ccccc1. The maximum atomic E-state index is 12.9. The van der Waals surface area contributed by atoms with Crippen LogP contribution in [0.3, 0.4) is 0 Å². The summed E-state index contributed by atoms with van der Waals surface area (Å²) in [5.74, 6) is -0.0963. The van der Waals surface area contributed by atoms with Crippen molar-refractivity contribution < 1.29 is 23.1 Å². The van der Waals surface area contributed by atoms with Crippen molar-refractivity contribution in [3.8, 4) is 11.5 Å². The van der Waals surface area contributed by atoms with Crippen molar-refractivity contribution in [3.63, 3.8) is 0 Å². The van der Waals surface area contributed by atoms with Crippen LogP contribution < -0.4 is 9.04 Å². The quantitative estimate of drug-likeness (QED) is 0.672. The molecule has 0 heterocycles. The number of anilines is 1. The fourth-order valence-corrected chi connectivity index (χ4v) is 3.90. The number of hydrogen-bond donors (Lipinski definition) is 1. The van der Waals surface area contributed by atoms with Gasteiger partial charge in [-0.2, -0.15) is 0 Å². The van der Waals surface area contributed by atoms with Gasteiger partial charge in [0.15, 0.2) is 0 Å². The molecule has 0 aliphatic heterocycles. The predicted molar refractivity (Wildman–Crippen MR) is 102 cm³/mol. The Bertz CT molecular complexity index is 1000. The largest absolute Gasteiger partial charge is 0.480 e. The normalized spacial score (nSPS) is 11.0. The lowest BCUT2D eigenvalue weighted by molar-refractivity contribution is -0.135. The molecule has 0 aromatic heterocycles. The number of para-hydroxylation sites is 1. The molecule has 0 spiro atoms. The molecule has 0 unspecified atom stereocenters. The van der Waals surface area contributed by atoms with Gasteiger partial charge in [0, 0.05) is 0 Å². The Morgan fingerprint density at radius 1 is 0.815 bits per heavy atom. The Kier molecular flexibility index (Phi) is 5.42. The van der Waals surface area contributed by atoms with E-state index in [-0.39, 0.29) is 10.6 Å². The summed E-state index contributed by atoms with van der Waals surface area (Å²) in [4.78, 5) is 11.3. The van der Waals surface area contributed by atoms with E-state index in [1.807, 2.05) is 18.2 Å². The molecule has 138 valence electrons. The Balaban J connectivity index is 1.90. The summed E-state index contributed by atoms with van der Waals surface area (Å²) >= 11 is 0. The van der Waals surface area contributed by atoms with Crippen LogP contribution in [0, 0.1) is 0 Å². The van der Waals surface area contributed by atoms with Crippen molar-refractivity contribution in [2.75, 3.05) is 10.8 Å². The van der Waals surface area contributed by atoms with Crippen LogP contribution >= 0.6 is 0 Å². The number of aliphatic carboxylic acids is 1. The molecular weight excluding hydrogens is 366 g/mol. The van der Waals surface area contributed by atoms with E-state index in [0.29, 0.717) is 11.5 Å². The lowest BCUT2D eigenvalue weighted by atomic mass is 10.3. The lowest BCUT2D eigenvalue weighted by Crippen LogP contribution is -2.35. The van der Waals surface area contributed by atoms with Crippen molar-refractivity contribution in [2.45, 2.75) is 4.90 Å². The minimum Gasteiger partial charge on any atom is -0.480 e. The number of nitrogens with zero attached hydrogens (tertiary/aromatic N) is 1. The number of carbonyl (C=O) groups is 1. The van der Waals surface area contributed by atoms with Gasteiger partial charge in [0.1, 0.15) is 18.0 Å². The first-order chi connectivity index (χ1) is 13.0. The van der Waals surface area contributed by atoms with Gasteiger partial charge >= 0.3 is 5.97 Å². The summed E-state index contributed by atoms with van der Waals surface area (Å²) < 4.78 is 32.3. The van der Waals surface area contributed by atoms with Gasteiger partial charge < -0.3 is 9.84 Å². The smallest absolute Gasteiger partial charge is 0.324 e. The third kappa shape index (κ3) is 4.45.